The number of ether oxygens (including phenoxy) is 8. The molecule has 3 aromatic carbocycles. The van der Waals surface area contributed by atoms with Gasteiger partial charge in [0.15, 0.2) is 0 Å². The van der Waals surface area contributed by atoms with Gasteiger partial charge in [0.2, 0.25) is 46.6 Å². The van der Waals surface area contributed by atoms with Gasteiger partial charge in [0.25, 0.3) is 5.69 Å². The first-order valence-corrected chi connectivity index (χ1v) is 37.6. The van der Waals surface area contributed by atoms with Gasteiger partial charge in [-0.05, 0) is 134 Å². The molecule has 2 aromatic heterocycles. The van der Waals surface area contributed by atoms with Crippen LogP contribution < -0.4 is 45.0 Å². The maximum absolute atomic E-state index is 14.3. The van der Waals surface area contributed by atoms with Crippen LogP contribution in [0.25, 0.3) is 21.8 Å². The molecule has 6 N–H and O–H groups in total. The number of hydrogen-bond donors (Lipinski definition) is 6. The molecule has 632 valence electrons. The number of nitrogens with zero attached hydrogens (tertiary/aromatic N) is 5. The SMILES string of the molecule is CC(C)(OC(=O)Oc1ccc([N+](=O)[O-])cc1)C(F)(F)F.CCOc1cc(O[C@@H]2C[C@@H](C(=O)N[C@]3(C(=O)O)C[C@H]3CC)N(C(=O)[C@@H](NC(=O)OC(C)(C)C(F)(F)F)C(C)(C)C)C2)c2cccc(Cl)c2n1.CCOc1cc(O[C@@H]2C[C@@H](C(=O)N[C@]3(C(=O)O)C[C@H]3CC)N(C(=O)[C@@H](NC(=O)OC(C)(C)C)C(C)(C)C)C2)c2cccc(Cl)c2n1. The van der Waals surface area contributed by atoms with E-state index < -0.39 is 146 Å². The molecule has 10 atom stereocenters. The third-order valence-corrected chi connectivity index (χ3v) is 20.0. The first-order valence-electron chi connectivity index (χ1n) is 36.8. The lowest BCUT2D eigenvalue weighted by molar-refractivity contribution is -0.384. The van der Waals surface area contributed by atoms with Gasteiger partial charge in [-0.2, -0.15) is 26.3 Å². The number of nitrogens with one attached hydrogen (secondary N) is 4. The van der Waals surface area contributed by atoms with Gasteiger partial charge in [0.05, 0.1) is 52.3 Å². The van der Waals surface area contributed by atoms with Crippen LogP contribution in [0, 0.1) is 32.8 Å². The number of non-ortho nitro benzene ring substituents is 1. The molecule has 4 fully saturated rings. The first kappa shape index (κ1) is 92.0. The molecule has 0 radical (unpaired) electrons. The number of benzene rings is 3. The van der Waals surface area contributed by atoms with Gasteiger partial charge in [-0.1, -0.05) is 104 Å². The Hall–Kier alpha value is -10.1. The van der Waals surface area contributed by atoms with Crippen molar-refractivity contribution in [3.63, 3.8) is 0 Å². The minimum absolute atomic E-state index is 0.00880. The highest BCUT2D eigenvalue weighted by Crippen LogP contribution is 2.48. The number of nitro benzene ring substituents is 1. The molecule has 4 heterocycles. The van der Waals surface area contributed by atoms with Crippen LogP contribution in [0.3, 0.4) is 0 Å². The summed E-state index contributed by atoms with van der Waals surface area (Å²) in [4.78, 5) is 139. The molecule has 0 spiro atoms. The minimum Gasteiger partial charge on any atom is -0.488 e. The van der Waals surface area contributed by atoms with Crippen LogP contribution in [0.5, 0.6) is 29.0 Å². The van der Waals surface area contributed by atoms with Crippen molar-refractivity contribution in [1.82, 2.24) is 41.0 Å². The number of aliphatic carboxylic acids is 2. The maximum atomic E-state index is 14.3. The Morgan fingerprint density at radius 3 is 1.27 bits per heavy atom. The standard InChI is InChI=1S/C33H42ClF3N4O8.C33H45ClN4O8.C11H10F3NO5/c1-8-17-15-32(17,28(44)45)40-26(42)21-13-18(48-22-14-23(47-9-2)38-24-19(22)11-10-12-20(24)34)16-41(21)27(43)25(30(3,4)5)39-29(46)49-31(6,7)33(35,36)37;1-9-18-16-33(18,29(41)42)37-27(39)22-14-19(45-23-15-24(44-10-2)35-25-20(23)12-11-13-21(25)34)17-38(22)28(40)26(31(3,4)5)36-30(43)46-32(6,7)8;1-10(2,11(12,13)14)20-9(16)19-8-5-3-7(4-6-8)15(17)18/h10-12,14,17-18,21,25H,8-9,13,15-16H2,1-7H3,(H,39,46)(H,40,42)(H,44,45);11-13,15,18-19,22,26H,9-10,14,16-17H2,1-8H3,(H,36,43)(H,37,39)(H,41,42);3-6H,1-2H3/t17-,18-,21+,25-,32-;18-,19-,22+,26-,33-;/m11./s1. The van der Waals surface area contributed by atoms with Crippen LogP contribution in [-0.2, 0) is 43.0 Å². The highest BCUT2D eigenvalue weighted by atomic mass is 35.5. The predicted molar refractivity (Wildman–Crippen MR) is 405 cm³/mol. The summed E-state index contributed by atoms with van der Waals surface area (Å²) >= 11 is 12.9. The first-order chi connectivity index (χ1) is 53.1. The number of carboxylic acids is 2. The lowest BCUT2D eigenvalue weighted by Gasteiger charge is -2.36. The number of nitro groups is 1. The van der Waals surface area contributed by atoms with E-state index in [1.807, 2.05) is 13.8 Å². The van der Waals surface area contributed by atoms with Crippen molar-refractivity contribution in [1.29, 1.82) is 0 Å². The van der Waals surface area contributed by atoms with Crippen molar-refractivity contribution in [3.05, 3.63) is 93.0 Å². The number of fused-ring (bicyclic) bond motifs is 2. The summed E-state index contributed by atoms with van der Waals surface area (Å²) in [5.41, 5.74) is -10.5. The van der Waals surface area contributed by atoms with Gasteiger partial charge in [-0.3, -0.25) is 29.3 Å². The number of alkyl carbamates (subject to hydrolysis) is 2. The van der Waals surface area contributed by atoms with Gasteiger partial charge in [-0.15, -0.1) is 0 Å². The topological polar surface area (TPSA) is 391 Å². The van der Waals surface area contributed by atoms with Crippen LogP contribution in [0.2, 0.25) is 10.0 Å². The molecule has 0 bridgehead atoms. The Morgan fingerprint density at radius 1 is 0.574 bits per heavy atom. The van der Waals surface area contributed by atoms with E-state index in [0.717, 1.165) is 29.2 Å². The summed E-state index contributed by atoms with van der Waals surface area (Å²) in [5, 5.41) is 42.6. The summed E-state index contributed by atoms with van der Waals surface area (Å²) in [5.74, 6) is -4.45. The molecule has 115 heavy (non-hydrogen) atoms. The number of carboxylic acid groups (broad SMARTS) is 2. The summed E-state index contributed by atoms with van der Waals surface area (Å²) in [6, 6.07) is 12.9. The van der Waals surface area contributed by atoms with Crippen LogP contribution in [0.4, 0.5) is 46.4 Å². The molecule has 2 saturated heterocycles. The summed E-state index contributed by atoms with van der Waals surface area (Å²) in [7, 11) is 0. The van der Waals surface area contributed by atoms with Crippen LogP contribution in [0.1, 0.15) is 156 Å². The molecule has 30 nitrogen and oxygen atoms in total. The fourth-order valence-electron chi connectivity index (χ4n) is 12.8. The number of pyridine rings is 2. The number of para-hydroxylation sites is 2. The van der Waals surface area contributed by atoms with Gasteiger partial charge in [0, 0.05) is 47.9 Å². The van der Waals surface area contributed by atoms with E-state index >= 15 is 0 Å². The normalized spacial score (nSPS) is 21.3. The number of hydrogen-bond acceptors (Lipinski definition) is 21. The highest BCUT2D eigenvalue weighted by molar-refractivity contribution is 6.35. The van der Waals surface area contributed by atoms with E-state index in [4.69, 9.17) is 46.9 Å². The summed E-state index contributed by atoms with van der Waals surface area (Å²) in [6.45, 7) is 25.7. The average Bonchev–Trinajstić information content (AvgIpc) is 1.59. The Bertz CT molecular complexity index is 4460. The van der Waals surface area contributed by atoms with Crippen LogP contribution in [-0.4, -0.2) is 192 Å². The minimum atomic E-state index is -4.89. The summed E-state index contributed by atoms with van der Waals surface area (Å²) in [6.07, 6.45) is -13.4. The van der Waals surface area contributed by atoms with Gasteiger partial charge < -0.3 is 79.2 Å². The zero-order chi connectivity index (χ0) is 86.4. The number of halogens is 8. The number of carbonyl (C=O) groups is 9. The number of alkyl halides is 6. The monoisotopic (exact) mass is 1670 g/mol. The molecule has 2 saturated carbocycles. The van der Waals surface area contributed by atoms with Crippen molar-refractivity contribution in [3.8, 4) is 29.0 Å². The Kier molecular flexibility index (Phi) is 28.4. The molecule has 2 aliphatic carbocycles. The van der Waals surface area contributed by atoms with E-state index in [2.05, 4.69) is 45.4 Å². The smallest absolute Gasteiger partial charge is 0.488 e. The van der Waals surface area contributed by atoms with Crippen LogP contribution in [0.15, 0.2) is 72.8 Å². The van der Waals surface area contributed by atoms with Gasteiger partial charge >= 0.3 is 42.6 Å². The average molecular weight is 1670 g/mol. The second-order valence-electron chi connectivity index (χ2n) is 32.2. The van der Waals surface area contributed by atoms with Crippen molar-refractivity contribution in [2.24, 2.45) is 22.7 Å². The van der Waals surface area contributed by atoms with Crippen molar-refractivity contribution < 1.29 is 123 Å². The van der Waals surface area contributed by atoms with E-state index in [0.29, 0.717) is 109 Å². The van der Waals surface area contributed by atoms with E-state index in [-0.39, 0.29) is 61.5 Å². The molecule has 38 heteroatoms. The summed E-state index contributed by atoms with van der Waals surface area (Å²) < 4.78 is 121. The zero-order valence-corrected chi connectivity index (χ0v) is 68.0. The predicted octanol–water partition coefficient (Wildman–Crippen LogP) is 13.9. The molecule has 0 unspecified atom stereocenters. The fraction of sp³-hybridized carbons (Fsp3) is 0.571. The quantitative estimate of drug-likeness (QED) is 0.00834. The largest absolute Gasteiger partial charge is 0.514 e. The Balaban J connectivity index is 0.000000258. The molecule has 6 amide bonds. The third-order valence-electron chi connectivity index (χ3n) is 19.4. The number of carbonyl (C=O) groups excluding carboxylic acids is 7. The van der Waals surface area contributed by atoms with E-state index in [1.54, 1.807) is 125 Å². The Labute approximate surface area is 669 Å². The van der Waals surface area contributed by atoms with Gasteiger partial charge in [0.1, 0.15) is 70.3 Å². The maximum Gasteiger partial charge on any atom is 0.514 e. The van der Waals surface area contributed by atoms with Crippen molar-refractivity contribution >= 4 is 105 Å². The van der Waals surface area contributed by atoms with E-state index in [1.165, 1.54) is 4.90 Å². The molecule has 4 aliphatic rings. The lowest BCUT2D eigenvalue weighted by Crippen LogP contribution is -2.60. The number of likely N-dealkylation sites (tertiary alicyclic amines) is 2. The molecular weight excluding hydrogens is 1570 g/mol. The Morgan fingerprint density at radius 2 is 0.948 bits per heavy atom. The number of rotatable bonds is 24. The molecular formula is C77H97Cl2F6N9O21. The second kappa shape index (κ2) is 35.5. The highest BCUT2D eigenvalue weighted by Gasteiger charge is 2.63. The van der Waals surface area contributed by atoms with Gasteiger partial charge in [-0.25, -0.2) is 33.9 Å². The molecule has 9 rings (SSSR count). The van der Waals surface area contributed by atoms with Crippen molar-refractivity contribution in [2.45, 2.75) is 233 Å². The van der Waals surface area contributed by atoms with Crippen molar-refractivity contribution in [2.75, 3.05) is 26.3 Å². The lowest BCUT2D eigenvalue weighted by atomic mass is 9.85. The number of aromatic nitrogens is 2. The zero-order valence-electron chi connectivity index (χ0n) is 66.5. The molecule has 2 aliphatic heterocycles. The molecule has 5 aromatic rings. The van der Waals surface area contributed by atoms with Crippen LogP contribution >= 0.6 is 23.2 Å². The number of amides is 6. The second-order valence-corrected chi connectivity index (χ2v) is 33.0. The van der Waals surface area contributed by atoms with E-state index in [9.17, 15) is 89.8 Å². The third kappa shape index (κ3) is 22.5. The fourth-order valence-corrected chi connectivity index (χ4v) is 13.2.